The van der Waals surface area contributed by atoms with Gasteiger partial charge in [-0.3, -0.25) is 4.79 Å². The number of ketones is 1. The second-order valence-electron chi connectivity index (χ2n) is 5.97. The third kappa shape index (κ3) is 42.7. The number of Topliss-reactive ketones (excluding diaryl/α,β-unsaturated/α-hetero) is 1. The highest BCUT2D eigenvalue weighted by atomic mass is 16.3. The molecule has 0 rings (SSSR count). The lowest BCUT2D eigenvalue weighted by Crippen LogP contribution is -2.10. The van der Waals surface area contributed by atoms with Crippen LogP contribution in [0.5, 0.6) is 0 Å². The van der Waals surface area contributed by atoms with Crippen molar-refractivity contribution in [2.24, 2.45) is 17.8 Å². The van der Waals surface area contributed by atoms with Gasteiger partial charge in [0.2, 0.25) is 0 Å². The smallest absolute Gasteiger partial charge is 0.160 e. The Balaban J connectivity index is -0.000000105. The van der Waals surface area contributed by atoms with Gasteiger partial charge in [0.15, 0.2) is 5.78 Å². The van der Waals surface area contributed by atoms with Gasteiger partial charge >= 0.3 is 0 Å². The van der Waals surface area contributed by atoms with E-state index in [2.05, 4.69) is 33.0 Å². The van der Waals surface area contributed by atoms with Crippen LogP contribution in [-0.4, -0.2) is 42.8 Å². The van der Waals surface area contributed by atoms with Gasteiger partial charge in [-0.15, -0.1) is 0 Å². The third-order valence-electron chi connectivity index (χ3n) is 2.48. The maximum absolute atomic E-state index is 10.3. The van der Waals surface area contributed by atoms with Crippen molar-refractivity contribution in [3.8, 4) is 0 Å². The zero-order valence-electron chi connectivity index (χ0n) is 16.6. The van der Waals surface area contributed by atoms with Crippen LogP contribution in [0.1, 0.15) is 68.2 Å². The van der Waals surface area contributed by atoms with Crippen LogP contribution in [0.4, 0.5) is 0 Å². The van der Waals surface area contributed by atoms with Crippen molar-refractivity contribution in [2.75, 3.05) is 26.8 Å². The van der Waals surface area contributed by atoms with Crippen LogP contribution in [0.2, 0.25) is 0 Å². The molecule has 0 aromatic heterocycles. The first-order valence-electron chi connectivity index (χ1n) is 8.61. The minimum Gasteiger partial charge on any atom is -0.396 e. The zero-order valence-corrected chi connectivity index (χ0v) is 16.6. The van der Waals surface area contributed by atoms with E-state index in [0.717, 1.165) is 18.9 Å². The number of hydrogen-bond acceptors (Lipinski definition) is 4. The second kappa shape index (κ2) is 25.5. The predicted molar refractivity (Wildman–Crippen MR) is 98.2 cm³/mol. The number of hydrogen-bond donors (Lipinski definition) is 3. The first-order chi connectivity index (χ1) is 10.2. The number of nitrogens with one attached hydrogen (secondary N) is 1. The minimum absolute atomic E-state index is 0.0231. The summed E-state index contributed by atoms with van der Waals surface area (Å²) >= 11 is 0. The molecule has 0 aromatic carbocycles. The fourth-order valence-electron chi connectivity index (χ4n) is 0.874. The Bertz CT molecular complexity index is 193. The van der Waals surface area contributed by atoms with Gasteiger partial charge in [0, 0.05) is 12.5 Å². The highest BCUT2D eigenvalue weighted by molar-refractivity contribution is 5.81. The summed E-state index contributed by atoms with van der Waals surface area (Å²) < 4.78 is 0. The van der Waals surface area contributed by atoms with Gasteiger partial charge in [-0.25, -0.2) is 0 Å². The van der Waals surface area contributed by atoms with Crippen LogP contribution in [0.25, 0.3) is 0 Å². The van der Waals surface area contributed by atoms with Crippen LogP contribution in [0.3, 0.4) is 0 Å². The number of aliphatic hydroxyl groups is 2. The second-order valence-corrected chi connectivity index (χ2v) is 5.97. The molecule has 3 N–H and O–H groups in total. The van der Waals surface area contributed by atoms with E-state index in [1.54, 1.807) is 13.8 Å². The Morgan fingerprint density at radius 2 is 1.32 bits per heavy atom. The SMILES string of the molecule is CC.CC(C)C(=O)CO.CC(C)CCO.CNCCC(C)C. The van der Waals surface area contributed by atoms with Gasteiger partial charge < -0.3 is 15.5 Å². The molecule has 0 aliphatic heterocycles. The van der Waals surface area contributed by atoms with Crippen LogP contribution < -0.4 is 5.32 Å². The van der Waals surface area contributed by atoms with Crippen molar-refractivity contribution in [3.05, 3.63) is 0 Å². The van der Waals surface area contributed by atoms with E-state index >= 15 is 0 Å². The molecular formula is C18H43NO3. The molecule has 0 bridgehead atoms. The van der Waals surface area contributed by atoms with E-state index in [-0.39, 0.29) is 18.3 Å². The first kappa shape index (κ1) is 29.5. The maximum Gasteiger partial charge on any atom is 0.160 e. The van der Waals surface area contributed by atoms with Gasteiger partial charge in [0.05, 0.1) is 0 Å². The normalized spacial score (nSPS) is 9.36. The molecule has 0 aromatic rings. The van der Waals surface area contributed by atoms with Crippen LogP contribution >= 0.6 is 0 Å². The molecule has 138 valence electrons. The van der Waals surface area contributed by atoms with E-state index in [1.807, 2.05) is 20.9 Å². The average molecular weight is 322 g/mol. The summed E-state index contributed by atoms with van der Waals surface area (Å²) in [6, 6.07) is 0. The third-order valence-corrected chi connectivity index (χ3v) is 2.48. The van der Waals surface area contributed by atoms with Crippen LogP contribution in [0.15, 0.2) is 0 Å². The molecule has 0 unspecified atom stereocenters. The van der Waals surface area contributed by atoms with Gasteiger partial charge in [-0.1, -0.05) is 55.4 Å². The van der Waals surface area contributed by atoms with Crippen molar-refractivity contribution in [1.29, 1.82) is 0 Å². The molecule has 4 heteroatoms. The van der Waals surface area contributed by atoms with Crippen LogP contribution in [0, 0.1) is 17.8 Å². The fraction of sp³-hybridized carbons (Fsp3) is 0.944. The molecule has 0 radical (unpaired) electrons. The Hall–Kier alpha value is -0.450. The fourth-order valence-corrected chi connectivity index (χ4v) is 0.874. The Kier molecular flexibility index (Phi) is 34.2. The van der Waals surface area contributed by atoms with Gasteiger partial charge in [-0.05, 0) is 38.3 Å². The topological polar surface area (TPSA) is 69.6 Å². The lowest BCUT2D eigenvalue weighted by Gasteiger charge is -2.00. The summed E-state index contributed by atoms with van der Waals surface area (Å²) in [5.41, 5.74) is 0. The van der Waals surface area contributed by atoms with Crippen LogP contribution in [-0.2, 0) is 4.79 Å². The van der Waals surface area contributed by atoms with Gasteiger partial charge in [0.25, 0.3) is 0 Å². The average Bonchev–Trinajstić information content (AvgIpc) is 2.47. The summed E-state index contributed by atoms with van der Waals surface area (Å²) in [7, 11) is 1.99. The largest absolute Gasteiger partial charge is 0.396 e. The number of carbonyl (C=O) groups is 1. The van der Waals surface area contributed by atoms with E-state index < -0.39 is 0 Å². The van der Waals surface area contributed by atoms with E-state index in [0.29, 0.717) is 12.5 Å². The lowest BCUT2D eigenvalue weighted by molar-refractivity contribution is -0.124. The molecule has 0 aliphatic carbocycles. The summed E-state index contributed by atoms with van der Waals surface area (Å²) in [4.78, 5) is 10.3. The molecule has 0 fully saturated rings. The minimum atomic E-state index is -0.322. The molecular weight excluding hydrogens is 278 g/mol. The standard InChI is InChI=1S/C6H15N.C5H10O2.C5H12O.C2H6/c1-6(2)4-5-7-3;1-4(2)5(7)3-6;1-5(2)3-4-6;1-2/h6-7H,4-5H2,1-3H3;4,6H,3H2,1-2H3;5-6H,3-4H2,1-2H3;1-2H3. The molecule has 0 aliphatic rings. The maximum atomic E-state index is 10.3. The number of rotatable bonds is 7. The molecule has 0 spiro atoms. The van der Waals surface area contributed by atoms with E-state index in [1.165, 1.54) is 6.42 Å². The Labute approximate surface area is 139 Å². The number of aliphatic hydroxyl groups excluding tert-OH is 2. The van der Waals surface area contributed by atoms with E-state index in [4.69, 9.17) is 10.2 Å². The monoisotopic (exact) mass is 321 g/mol. The van der Waals surface area contributed by atoms with Gasteiger partial charge in [-0.2, -0.15) is 0 Å². The predicted octanol–water partition coefficient (Wildman–Crippen LogP) is 3.51. The highest BCUT2D eigenvalue weighted by Gasteiger charge is 2.02. The summed E-state index contributed by atoms with van der Waals surface area (Å²) in [6.07, 6.45) is 2.22. The van der Waals surface area contributed by atoms with E-state index in [9.17, 15) is 4.79 Å². The summed E-state index contributed by atoms with van der Waals surface area (Å²) in [5, 5.41) is 19.5. The molecule has 0 amide bonds. The molecule has 0 heterocycles. The quantitative estimate of drug-likeness (QED) is 0.671. The van der Waals surface area contributed by atoms with Gasteiger partial charge in [0.1, 0.15) is 6.61 Å². The molecule has 0 atom stereocenters. The Morgan fingerprint density at radius 1 is 0.909 bits per heavy atom. The molecule has 22 heavy (non-hydrogen) atoms. The summed E-state index contributed by atoms with van der Waals surface area (Å²) in [6.45, 7) is 17.3. The molecule has 0 saturated carbocycles. The first-order valence-corrected chi connectivity index (χ1v) is 8.61. The van der Waals surface area contributed by atoms with Crippen molar-refractivity contribution < 1.29 is 15.0 Å². The highest BCUT2D eigenvalue weighted by Crippen LogP contribution is 1.95. The van der Waals surface area contributed by atoms with Crippen molar-refractivity contribution >= 4 is 5.78 Å². The Morgan fingerprint density at radius 3 is 1.36 bits per heavy atom. The summed E-state index contributed by atoms with van der Waals surface area (Å²) in [5.74, 6) is 1.37. The molecule has 0 saturated heterocycles. The van der Waals surface area contributed by atoms with Crippen molar-refractivity contribution in [1.82, 2.24) is 5.32 Å². The van der Waals surface area contributed by atoms with Crippen molar-refractivity contribution in [3.63, 3.8) is 0 Å². The number of carbonyl (C=O) groups excluding carboxylic acids is 1. The molecule has 4 nitrogen and oxygen atoms in total. The lowest BCUT2D eigenvalue weighted by atomic mass is 10.1. The van der Waals surface area contributed by atoms with Crippen molar-refractivity contribution in [2.45, 2.75) is 68.2 Å². The zero-order chi connectivity index (χ0) is 18.6.